The maximum atomic E-state index is 12.4. The Labute approximate surface area is 122 Å². The van der Waals surface area contributed by atoms with Crippen molar-refractivity contribution in [3.8, 4) is 0 Å². The Kier molecular flexibility index (Phi) is 6.65. The Bertz CT molecular complexity index is 512. The molecule has 0 aliphatic heterocycles. The predicted molar refractivity (Wildman–Crippen MR) is 83.2 cm³/mol. The molecule has 0 saturated heterocycles. The van der Waals surface area contributed by atoms with Gasteiger partial charge in [-0.25, -0.2) is 13.1 Å². The predicted octanol–water partition coefficient (Wildman–Crippen LogP) is 2.61. The first-order chi connectivity index (χ1) is 9.40. The number of unbranched alkanes of at least 4 members (excludes halogenated alkanes) is 1. The van der Waals surface area contributed by atoms with Crippen LogP contribution in [0.25, 0.3) is 0 Å². The number of hydrogen-bond donors (Lipinski definition) is 2. The van der Waals surface area contributed by atoms with E-state index in [2.05, 4.69) is 11.6 Å². The standard InChI is InChI=1S/C15H26N2O2S/c1-4-5-8-14(11-16)17-20(18,19)15-9-6-7-13(10-15)12(2)3/h6-7,9-10,12,14,17H,4-5,8,11,16H2,1-3H3. The molecule has 20 heavy (non-hydrogen) atoms. The Hall–Kier alpha value is -0.910. The van der Waals surface area contributed by atoms with Gasteiger partial charge in [0.2, 0.25) is 10.0 Å². The zero-order valence-electron chi connectivity index (χ0n) is 12.6. The highest BCUT2D eigenvalue weighted by molar-refractivity contribution is 7.89. The molecular formula is C15H26N2O2S. The van der Waals surface area contributed by atoms with Gasteiger partial charge >= 0.3 is 0 Å². The number of hydrogen-bond acceptors (Lipinski definition) is 3. The van der Waals surface area contributed by atoms with Gasteiger partial charge in [0.1, 0.15) is 0 Å². The van der Waals surface area contributed by atoms with Gasteiger partial charge < -0.3 is 5.73 Å². The van der Waals surface area contributed by atoms with Gasteiger partial charge in [0, 0.05) is 12.6 Å². The largest absolute Gasteiger partial charge is 0.329 e. The Morgan fingerprint density at radius 3 is 2.55 bits per heavy atom. The van der Waals surface area contributed by atoms with E-state index < -0.39 is 10.0 Å². The Balaban J connectivity index is 2.89. The third-order valence-electron chi connectivity index (χ3n) is 3.35. The van der Waals surface area contributed by atoms with Crippen molar-refractivity contribution in [1.29, 1.82) is 0 Å². The van der Waals surface area contributed by atoms with E-state index in [1.807, 2.05) is 19.9 Å². The van der Waals surface area contributed by atoms with Gasteiger partial charge in [-0.3, -0.25) is 0 Å². The van der Waals surface area contributed by atoms with E-state index in [9.17, 15) is 8.42 Å². The number of rotatable bonds is 8. The summed E-state index contributed by atoms with van der Waals surface area (Å²) in [6.45, 7) is 6.49. The summed E-state index contributed by atoms with van der Waals surface area (Å²) in [6, 6.07) is 6.90. The molecule has 0 bridgehead atoms. The van der Waals surface area contributed by atoms with Crippen LogP contribution in [0.15, 0.2) is 29.2 Å². The summed E-state index contributed by atoms with van der Waals surface area (Å²) in [7, 11) is -3.49. The Morgan fingerprint density at radius 2 is 2.00 bits per heavy atom. The van der Waals surface area contributed by atoms with Crippen molar-refractivity contribution in [2.75, 3.05) is 6.54 Å². The SMILES string of the molecule is CCCCC(CN)NS(=O)(=O)c1cccc(C(C)C)c1. The molecule has 0 aliphatic carbocycles. The molecule has 0 aromatic heterocycles. The zero-order chi connectivity index (χ0) is 15.2. The van der Waals surface area contributed by atoms with Crippen LogP contribution in [0.1, 0.15) is 51.5 Å². The van der Waals surface area contributed by atoms with E-state index in [1.165, 1.54) is 0 Å². The molecule has 0 amide bonds. The molecule has 0 radical (unpaired) electrons. The highest BCUT2D eigenvalue weighted by atomic mass is 32.2. The maximum absolute atomic E-state index is 12.4. The molecule has 1 atom stereocenters. The lowest BCUT2D eigenvalue weighted by molar-refractivity contribution is 0.516. The molecule has 1 aromatic carbocycles. The van der Waals surface area contributed by atoms with Crippen LogP contribution in [0.2, 0.25) is 0 Å². The molecule has 4 nitrogen and oxygen atoms in total. The Morgan fingerprint density at radius 1 is 1.30 bits per heavy atom. The van der Waals surface area contributed by atoms with Crippen LogP contribution in [0, 0.1) is 0 Å². The van der Waals surface area contributed by atoms with Crippen LogP contribution in [-0.2, 0) is 10.0 Å². The molecule has 0 heterocycles. The van der Waals surface area contributed by atoms with E-state index in [1.54, 1.807) is 18.2 Å². The molecule has 0 aliphatic rings. The lowest BCUT2D eigenvalue weighted by Crippen LogP contribution is -2.40. The summed E-state index contributed by atoms with van der Waals surface area (Å²) >= 11 is 0. The summed E-state index contributed by atoms with van der Waals surface area (Å²) < 4.78 is 27.5. The van der Waals surface area contributed by atoms with Crippen LogP contribution in [-0.4, -0.2) is 21.0 Å². The van der Waals surface area contributed by atoms with Crippen molar-refractivity contribution in [3.63, 3.8) is 0 Å². The molecule has 5 heteroatoms. The third kappa shape index (κ3) is 4.89. The fourth-order valence-corrected chi connectivity index (χ4v) is 3.34. The van der Waals surface area contributed by atoms with Gasteiger partial charge in [-0.1, -0.05) is 45.7 Å². The highest BCUT2D eigenvalue weighted by Gasteiger charge is 2.19. The van der Waals surface area contributed by atoms with Gasteiger partial charge in [0.25, 0.3) is 0 Å². The average molecular weight is 298 g/mol. The van der Waals surface area contributed by atoms with Gasteiger partial charge in [-0.05, 0) is 30.0 Å². The maximum Gasteiger partial charge on any atom is 0.240 e. The van der Waals surface area contributed by atoms with Crippen molar-refractivity contribution < 1.29 is 8.42 Å². The monoisotopic (exact) mass is 298 g/mol. The van der Waals surface area contributed by atoms with E-state index in [0.29, 0.717) is 17.4 Å². The van der Waals surface area contributed by atoms with Crippen LogP contribution in [0.3, 0.4) is 0 Å². The van der Waals surface area contributed by atoms with Crippen molar-refractivity contribution in [3.05, 3.63) is 29.8 Å². The van der Waals surface area contributed by atoms with Crippen molar-refractivity contribution in [2.45, 2.75) is 56.9 Å². The first-order valence-electron chi connectivity index (χ1n) is 7.23. The molecule has 114 valence electrons. The second kappa shape index (κ2) is 7.76. The van der Waals surface area contributed by atoms with Gasteiger partial charge in [-0.2, -0.15) is 0 Å². The van der Waals surface area contributed by atoms with Crippen LogP contribution in [0.4, 0.5) is 0 Å². The minimum atomic E-state index is -3.49. The van der Waals surface area contributed by atoms with Crippen molar-refractivity contribution >= 4 is 10.0 Å². The molecule has 1 unspecified atom stereocenters. The number of benzene rings is 1. The summed E-state index contributed by atoms with van der Waals surface area (Å²) in [5, 5.41) is 0. The zero-order valence-corrected chi connectivity index (χ0v) is 13.4. The number of nitrogens with one attached hydrogen (secondary N) is 1. The number of nitrogens with two attached hydrogens (primary N) is 1. The first kappa shape index (κ1) is 17.1. The normalized spacial score (nSPS) is 13.7. The van der Waals surface area contributed by atoms with Crippen LogP contribution >= 0.6 is 0 Å². The molecule has 0 spiro atoms. The summed E-state index contributed by atoms with van der Waals surface area (Å²) in [5.41, 5.74) is 6.67. The van der Waals surface area contributed by atoms with Gasteiger partial charge in [-0.15, -0.1) is 0 Å². The first-order valence-corrected chi connectivity index (χ1v) is 8.71. The van der Waals surface area contributed by atoms with Crippen LogP contribution < -0.4 is 10.5 Å². The van der Waals surface area contributed by atoms with E-state index in [-0.39, 0.29) is 6.04 Å². The molecule has 1 rings (SSSR count). The summed E-state index contributed by atoms with van der Waals surface area (Å²) in [4.78, 5) is 0.318. The second-order valence-corrected chi connectivity index (χ2v) is 7.14. The van der Waals surface area contributed by atoms with Crippen molar-refractivity contribution in [2.24, 2.45) is 5.73 Å². The average Bonchev–Trinajstić information content (AvgIpc) is 2.43. The van der Waals surface area contributed by atoms with Gasteiger partial charge in [0.05, 0.1) is 4.90 Å². The van der Waals surface area contributed by atoms with E-state index in [0.717, 1.165) is 24.8 Å². The minimum Gasteiger partial charge on any atom is -0.329 e. The van der Waals surface area contributed by atoms with Crippen molar-refractivity contribution in [1.82, 2.24) is 4.72 Å². The molecule has 0 saturated carbocycles. The second-order valence-electron chi connectivity index (χ2n) is 5.42. The quantitative estimate of drug-likeness (QED) is 0.775. The smallest absolute Gasteiger partial charge is 0.240 e. The topological polar surface area (TPSA) is 72.2 Å². The van der Waals surface area contributed by atoms with E-state index in [4.69, 9.17) is 5.73 Å². The number of sulfonamides is 1. The molecule has 1 aromatic rings. The van der Waals surface area contributed by atoms with Crippen LogP contribution in [0.5, 0.6) is 0 Å². The summed E-state index contributed by atoms with van der Waals surface area (Å²) in [5.74, 6) is 0.301. The third-order valence-corrected chi connectivity index (χ3v) is 4.87. The minimum absolute atomic E-state index is 0.192. The fourth-order valence-electron chi connectivity index (χ4n) is 2.00. The van der Waals surface area contributed by atoms with Gasteiger partial charge in [0.15, 0.2) is 0 Å². The summed E-state index contributed by atoms with van der Waals surface area (Å²) in [6.07, 6.45) is 2.77. The fraction of sp³-hybridized carbons (Fsp3) is 0.600. The lowest BCUT2D eigenvalue weighted by atomic mass is 10.0. The molecular weight excluding hydrogens is 272 g/mol. The van der Waals surface area contributed by atoms with E-state index >= 15 is 0 Å². The lowest BCUT2D eigenvalue weighted by Gasteiger charge is -2.17. The molecule has 0 fully saturated rings. The molecule has 3 N–H and O–H groups in total. The highest BCUT2D eigenvalue weighted by Crippen LogP contribution is 2.19.